The Labute approximate surface area is 177 Å². The average molecular weight is 414 g/mol. The number of nitrogens with zero attached hydrogens (tertiary/aromatic N) is 1. The topological polar surface area (TPSA) is 71.1 Å². The third kappa shape index (κ3) is 3.69. The summed E-state index contributed by atoms with van der Waals surface area (Å²) in [5.41, 5.74) is 4.78. The maximum absolute atomic E-state index is 12.6. The van der Waals surface area contributed by atoms with Crippen LogP contribution in [-0.4, -0.2) is 16.8 Å². The molecule has 5 rings (SSSR count). The highest BCUT2D eigenvalue weighted by Gasteiger charge is 2.16. The van der Waals surface area contributed by atoms with Gasteiger partial charge in [-0.05, 0) is 40.5 Å². The van der Waals surface area contributed by atoms with Crippen molar-refractivity contribution in [3.63, 3.8) is 0 Å². The van der Waals surface area contributed by atoms with E-state index in [4.69, 9.17) is 0 Å². The summed E-state index contributed by atoms with van der Waals surface area (Å²) >= 11 is 1.41. The number of hydrogen-bond acceptors (Lipinski definition) is 4. The zero-order valence-electron chi connectivity index (χ0n) is 16.1. The molecule has 0 fully saturated rings. The molecule has 5 nitrogen and oxygen atoms in total. The number of thiazole rings is 1. The van der Waals surface area contributed by atoms with Crippen LogP contribution in [0.25, 0.3) is 22.0 Å². The summed E-state index contributed by atoms with van der Waals surface area (Å²) in [5.74, 6) is -0.0273. The van der Waals surface area contributed by atoms with Crippen molar-refractivity contribution in [1.29, 1.82) is 0 Å². The lowest BCUT2D eigenvalue weighted by atomic mass is 9.99. The van der Waals surface area contributed by atoms with E-state index in [0.29, 0.717) is 18.0 Å². The second kappa shape index (κ2) is 7.72. The van der Waals surface area contributed by atoms with E-state index in [0.717, 1.165) is 45.3 Å². The number of hydrogen-bond donors (Lipinski definition) is 2. The number of anilines is 2. The van der Waals surface area contributed by atoms with Crippen molar-refractivity contribution in [3.05, 3.63) is 77.2 Å². The van der Waals surface area contributed by atoms with Crippen molar-refractivity contribution >= 4 is 44.7 Å². The number of carbonyl (C=O) groups excluding carboxylic acids is 2. The van der Waals surface area contributed by atoms with Crippen molar-refractivity contribution in [3.8, 4) is 11.3 Å². The molecule has 1 aliphatic heterocycles. The first kappa shape index (κ1) is 18.5. The molecule has 1 aliphatic rings. The van der Waals surface area contributed by atoms with Crippen LogP contribution in [0.4, 0.5) is 10.8 Å². The van der Waals surface area contributed by atoms with E-state index < -0.39 is 0 Å². The van der Waals surface area contributed by atoms with Crippen LogP contribution in [0.5, 0.6) is 0 Å². The molecule has 0 radical (unpaired) electrons. The molecule has 148 valence electrons. The number of aromatic nitrogens is 1. The average Bonchev–Trinajstić information content (AvgIpc) is 3.22. The Morgan fingerprint density at radius 1 is 1.07 bits per heavy atom. The van der Waals surface area contributed by atoms with Crippen LogP contribution in [0, 0.1) is 0 Å². The molecule has 2 heterocycles. The van der Waals surface area contributed by atoms with Crippen molar-refractivity contribution in [2.45, 2.75) is 19.3 Å². The quantitative estimate of drug-likeness (QED) is 0.493. The number of carbonyl (C=O) groups is 2. The van der Waals surface area contributed by atoms with Gasteiger partial charge in [0.1, 0.15) is 0 Å². The van der Waals surface area contributed by atoms with Crippen LogP contribution < -0.4 is 10.6 Å². The van der Waals surface area contributed by atoms with Gasteiger partial charge in [-0.3, -0.25) is 9.59 Å². The Kier molecular flexibility index (Phi) is 4.77. The third-order valence-corrected chi connectivity index (χ3v) is 6.04. The van der Waals surface area contributed by atoms with E-state index in [1.807, 2.05) is 60.0 Å². The number of benzene rings is 3. The highest BCUT2D eigenvalue weighted by molar-refractivity contribution is 7.14. The Hall–Kier alpha value is -3.51. The largest absolute Gasteiger partial charge is 0.326 e. The number of nitrogens with one attached hydrogen (secondary N) is 2. The normalized spacial score (nSPS) is 13.0. The van der Waals surface area contributed by atoms with Gasteiger partial charge in [0.05, 0.1) is 12.1 Å². The Morgan fingerprint density at radius 3 is 2.87 bits per heavy atom. The number of amides is 2. The highest BCUT2D eigenvalue weighted by atomic mass is 32.1. The minimum atomic E-state index is -0.0830. The molecule has 3 aromatic carbocycles. The van der Waals surface area contributed by atoms with Gasteiger partial charge in [-0.2, -0.15) is 0 Å². The molecule has 4 aromatic rings. The van der Waals surface area contributed by atoms with E-state index >= 15 is 0 Å². The van der Waals surface area contributed by atoms with Crippen LogP contribution in [0.15, 0.2) is 66.0 Å². The van der Waals surface area contributed by atoms with E-state index in [-0.39, 0.29) is 11.8 Å². The molecule has 6 heteroatoms. The fraction of sp³-hybridized carbons (Fsp3) is 0.125. The fourth-order valence-electron chi connectivity index (χ4n) is 3.79. The van der Waals surface area contributed by atoms with Gasteiger partial charge >= 0.3 is 0 Å². The van der Waals surface area contributed by atoms with Crippen molar-refractivity contribution < 1.29 is 9.59 Å². The molecule has 2 N–H and O–H groups in total. The summed E-state index contributed by atoms with van der Waals surface area (Å²) in [4.78, 5) is 28.7. The summed E-state index contributed by atoms with van der Waals surface area (Å²) in [7, 11) is 0. The zero-order chi connectivity index (χ0) is 20.5. The molecule has 0 saturated carbocycles. The van der Waals surface area contributed by atoms with Crippen LogP contribution in [-0.2, 0) is 22.4 Å². The van der Waals surface area contributed by atoms with Gasteiger partial charge < -0.3 is 10.6 Å². The first-order chi connectivity index (χ1) is 14.7. The Morgan fingerprint density at radius 2 is 1.93 bits per heavy atom. The molecule has 0 atom stereocenters. The van der Waals surface area contributed by atoms with Gasteiger partial charge in [0.2, 0.25) is 11.8 Å². The van der Waals surface area contributed by atoms with Crippen LogP contribution >= 0.6 is 11.3 Å². The predicted molar refractivity (Wildman–Crippen MR) is 121 cm³/mol. The lowest BCUT2D eigenvalue weighted by Crippen LogP contribution is -2.18. The summed E-state index contributed by atoms with van der Waals surface area (Å²) < 4.78 is 0. The molecule has 1 aromatic heterocycles. The minimum absolute atomic E-state index is 0.0556. The highest BCUT2D eigenvalue weighted by Crippen LogP contribution is 2.30. The van der Waals surface area contributed by atoms with E-state index in [1.54, 1.807) is 0 Å². The van der Waals surface area contributed by atoms with Gasteiger partial charge in [-0.1, -0.05) is 48.5 Å². The van der Waals surface area contributed by atoms with Crippen LogP contribution in [0.2, 0.25) is 0 Å². The number of fused-ring (bicyclic) bond motifs is 2. The lowest BCUT2D eigenvalue weighted by Gasteiger charge is -2.17. The maximum Gasteiger partial charge on any atom is 0.230 e. The number of aryl methyl sites for hydroxylation is 1. The Bertz CT molecular complexity index is 1270. The fourth-order valence-corrected chi connectivity index (χ4v) is 4.53. The summed E-state index contributed by atoms with van der Waals surface area (Å²) in [6, 6.07) is 20.0. The van der Waals surface area contributed by atoms with Crippen molar-refractivity contribution in [1.82, 2.24) is 4.98 Å². The molecule has 0 spiro atoms. The maximum atomic E-state index is 12.6. The smallest absolute Gasteiger partial charge is 0.230 e. The molecule has 2 amide bonds. The van der Waals surface area contributed by atoms with E-state index in [1.165, 1.54) is 11.3 Å². The molecule has 30 heavy (non-hydrogen) atoms. The van der Waals surface area contributed by atoms with Crippen molar-refractivity contribution in [2.75, 3.05) is 10.6 Å². The number of rotatable bonds is 4. The minimum Gasteiger partial charge on any atom is -0.326 e. The Balaban J connectivity index is 1.31. The zero-order valence-corrected chi connectivity index (χ0v) is 17.0. The summed E-state index contributed by atoms with van der Waals surface area (Å²) in [6.07, 6.45) is 1.53. The second-order valence-corrected chi connectivity index (χ2v) is 8.18. The van der Waals surface area contributed by atoms with E-state index in [2.05, 4.69) is 21.7 Å². The van der Waals surface area contributed by atoms with Crippen LogP contribution in [0.1, 0.15) is 17.5 Å². The monoisotopic (exact) mass is 413 g/mol. The van der Waals surface area contributed by atoms with Gasteiger partial charge in [0.25, 0.3) is 0 Å². The molecule has 0 unspecified atom stereocenters. The standard InChI is InChI=1S/C24H19N3O2S/c28-22-11-9-17-12-18(8-10-20(17)25-22)21-14-30-24(26-21)27-23(29)13-16-6-3-5-15-4-1-2-7-19(15)16/h1-8,10,12,14H,9,11,13H2,(H,25,28)(H,26,27,29). The van der Waals surface area contributed by atoms with Crippen molar-refractivity contribution in [2.24, 2.45) is 0 Å². The molecule has 0 aliphatic carbocycles. The van der Waals surface area contributed by atoms with E-state index in [9.17, 15) is 9.59 Å². The molecule has 0 saturated heterocycles. The van der Waals surface area contributed by atoms with Gasteiger partial charge in [-0.25, -0.2) is 4.98 Å². The molecular weight excluding hydrogens is 394 g/mol. The van der Waals surface area contributed by atoms with Gasteiger partial charge in [0.15, 0.2) is 5.13 Å². The first-order valence-corrected chi connectivity index (χ1v) is 10.7. The second-order valence-electron chi connectivity index (χ2n) is 7.32. The molecular formula is C24H19N3O2S. The van der Waals surface area contributed by atoms with Gasteiger partial charge in [-0.15, -0.1) is 11.3 Å². The third-order valence-electron chi connectivity index (χ3n) is 5.28. The summed E-state index contributed by atoms with van der Waals surface area (Å²) in [6.45, 7) is 0. The lowest BCUT2D eigenvalue weighted by molar-refractivity contribution is -0.116. The SMILES string of the molecule is O=C(Cc1cccc2ccccc12)Nc1nc(-c2ccc3c(c2)CCC(=O)N3)cs1. The van der Waals surface area contributed by atoms with Crippen LogP contribution in [0.3, 0.4) is 0 Å². The summed E-state index contributed by atoms with van der Waals surface area (Å²) in [5, 5.41) is 10.6. The predicted octanol–water partition coefficient (Wildman–Crippen LogP) is 5.03. The van der Waals surface area contributed by atoms with Gasteiger partial charge in [0, 0.05) is 23.1 Å². The first-order valence-electron chi connectivity index (χ1n) is 9.81. The molecule has 0 bridgehead atoms.